The van der Waals surface area contributed by atoms with Crippen LogP contribution in [0.5, 0.6) is 0 Å². The second-order valence-electron chi connectivity index (χ2n) is 7.37. The maximum Gasteiger partial charge on any atom is 0.317 e. The fraction of sp³-hybridized carbons (Fsp3) is 0.733. The van der Waals surface area contributed by atoms with Crippen molar-refractivity contribution in [1.29, 1.82) is 0 Å². The largest absolute Gasteiger partial charge is 0.480 e. The number of carboxylic acids is 2. The molecular weight excluding hydrogens is 428 g/mol. The summed E-state index contributed by atoms with van der Waals surface area (Å²) >= 11 is 13.9. The first-order valence-corrected chi connectivity index (χ1v) is 11.1. The summed E-state index contributed by atoms with van der Waals surface area (Å²) in [5, 5.41) is 18.0. The zero-order valence-electron chi connectivity index (χ0n) is 15.3. The number of hydrogen-bond acceptors (Lipinski definition) is 8. The van der Waals surface area contributed by atoms with Crippen LogP contribution in [-0.2, 0) is 9.59 Å². The molecule has 0 radical (unpaired) electrons. The summed E-state index contributed by atoms with van der Waals surface area (Å²) in [6, 6.07) is 0. The molecule has 2 aliphatic heterocycles. The normalized spacial score (nSPS) is 20.2. The number of carbonyl (C=O) groups is 2. The quantitative estimate of drug-likeness (QED) is 0.520. The van der Waals surface area contributed by atoms with Gasteiger partial charge in [-0.25, -0.2) is 0 Å². The van der Waals surface area contributed by atoms with E-state index in [1.54, 1.807) is 0 Å². The summed E-state index contributed by atoms with van der Waals surface area (Å²) in [5.74, 6) is -0.535. The van der Waals surface area contributed by atoms with Crippen LogP contribution in [0.2, 0.25) is 0 Å². The predicted molar refractivity (Wildman–Crippen MR) is 116 cm³/mol. The summed E-state index contributed by atoms with van der Waals surface area (Å²) in [7, 11) is 0. The molecule has 0 aromatic rings. The molecule has 152 valence electrons. The van der Waals surface area contributed by atoms with Crippen LogP contribution in [-0.4, -0.2) is 102 Å². The summed E-state index contributed by atoms with van der Waals surface area (Å²) in [6.45, 7) is 6.51. The van der Waals surface area contributed by atoms with E-state index in [9.17, 15) is 9.59 Å². The van der Waals surface area contributed by atoms with Crippen LogP contribution < -0.4 is 0 Å². The van der Waals surface area contributed by atoms with Crippen LogP contribution in [0.25, 0.3) is 0 Å². The van der Waals surface area contributed by atoms with E-state index in [0.29, 0.717) is 38.2 Å². The van der Waals surface area contributed by atoms with E-state index in [1.165, 1.54) is 23.5 Å². The highest BCUT2D eigenvalue weighted by molar-refractivity contribution is 8.23. The van der Waals surface area contributed by atoms with Gasteiger partial charge in [-0.05, 0) is 5.41 Å². The van der Waals surface area contributed by atoms with Crippen molar-refractivity contribution >= 4 is 68.5 Å². The summed E-state index contributed by atoms with van der Waals surface area (Å²) in [4.78, 5) is 29.7. The van der Waals surface area contributed by atoms with Gasteiger partial charge in [0.15, 0.2) is 0 Å². The molecule has 0 spiro atoms. The molecule has 2 aliphatic rings. The Hall–Kier alpha value is -0.660. The molecule has 12 heteroatoms. The molecule has 0 aliphatic carbocycles. The molecule has 0 unspecified atom stereocenters. The van der Waals surface area contributed by atoms with Crippen molar-refractivity contribution < 1.29 is 19.8 Å². The first-order valence-electron chi connectivity index (χ1n) is 8.27. The fourth-order valence-corrected chi connectivity index (χ4v) is 5.14. The average molecular weight is 453 g/mol. The van der Waals surface area contributed by atoms with E-state index >= 15 is 0 Å². The third-order valence-electron chi connectivity index (χ3n) is 3.95. The van der Waals surface area contributed by atoms with Gasteiger partial charge in [-0.15, -0.1) is 0 Å². The van der Waals surface area contributed by atoms with Gasteiger partial charge in [-0.2, -0.15) is 0 Å². The van der Waals surface area contributed by atoms with E-state index in [-0.39, 0.29) is 18.5 Å². The molecule has 0 aromatic heterocycles. The third-order valence-corrected chi connectivity index (χ3v) is 7.18. The number of aliphatic carboxylic acids is 2. The Balaban J connectivity index is 1.95. The van der Waals surface area contributed by atoms with E-state index in [2.05, 4.69) is 13.8 Å². The van der Waals surface area contributed by atoms with Crippen molar-refractivity contribution in [2.24, 2.45) is 5.41 Å². The van der Waals surface area contributed by atoms with Gasteiger partial charge in [-0.3, -0.25) is 19.4 Å². The third kappa shape index (κ3) is 7.35. The van der Waals surface area contributed by atoms with Gasteiger partial charge in [0.05, 0.1) is 38.2 Å². The van der Waals surface area contributed by atoms with E-state index < -0.39 is 11.9 Å². The predicted octanol–water partition coefficient (Wildman–Crippen LogP) is 1.28. The molecule has 2 heterocycles. The minimum atomic E-state index is -0.850. The molecule has 2 fully saturated rings. The fourth-order valence-electron chi connectivity index (χ4n) is 3.04. The van der Waals surface area contributed by atoms with Gasteiger partial charge >= 0.3 is 11.9 Å². The molecule has 27 heavy (non-hydrogen) atoms. The lowest BCUT2D eigenvalue weighted by molar-refractivity contribution is -0.139. The van der Waals surface area contributed by atoms with Crippen molar-refractivity contribution in [3.63, 3.8) is 0 Å². The van der Waals surface area contributed by atoms with Crippen LogP contribution in [0.15, 0.2) is 0 Å². The van der Waals surface area contributed by atoms with Crippen LogP contribution >= 0.6 is 48.0 Å². The number of thiocarbonyl (C=S) groups is 2. The molecule has 8 nitrogen and oxygen atoms in total. The highest BCUT2D eigenvalue weighted by atomic mass is 32.2. The topological polar surface area (TPSA) is 87.6 Å². The first-order chi connectivity index (χ1) is 12.6. The Labute approximate surface area is 178 Å². The molecular formula is C15H24N4O4S4. The van der Waals surface area contributed by atoms with E-state index in [0.717, 1.165) is 8.64 Å². The summed E-state index contributed by atoms with van der Waals surface area (Å²) < 4.78 is 1.54. The summed E-state index contributed by atoms with van der Waals surface area (Å²) in [6.07, 6.45) is 0. The number of hydrogen-bond donors (Lipinski definition) is 2. The van der Waals surface area contributed by atoms with Crippen molar-refractivity contribution in [1.82, 2.24) is 19.6 Å². The Kier molecular flexibility index (Phi) is 8.13. The first kappa shape index (κ1) is 22.6. The Morgan fingerprint density at radius 2 is 1.30 bits per heavy atom. The van der Waals surface area contributed by atoms with Crippen molar-refractivity contribution in [3.05, 3.63) is 0 Å². The van der Waals surface area contributed by atoms with Crippen LogP contribution in [0.4, 0.5) is 0 Å². The molecule has 2 saturated heterocycles. The molecule has 2 rings (SSSR count). The van der Waals surface area contributed by atoms with Crippen LogP contribution in [0, 0.1) is 5.41 Å². The highest BCUT2D eigenvalue weighted by Gasteiger charge is 2.32. The zero-order valence-corrected chi connectivity index (χ0v) is 18.6. The van der Waals surface area contributed by atoms with Gasteiger partial charge < -0.3 is 20.0 Å². The lowest BCUT2D eigenvalue weighted by Gasteiger charge is -2.44. The molecule has 0 bridgehead atoms. The SMILES string of the molecule is CC(C)(CN1CN(CC(=O)O)CSC1=S)CN1CN(CC(=O)O)CSC1=S. The minimum Gasteiger partial charge on any atom is -0.480 e. The number of carboxylic acid groups (broad SMARTS) is 2. The molecule has 0 aromatic carbocycles. The van der Waals surface area contributed by atoms with Crippen LogP contribution in [0.3, 0.4) is 0 Å². The monoisotopic (exact) mass is 452 g/mol. The Morgan fingerprint density at radius 3 is 1.63 bits per heavy atom. The van der Waals surface area contributed by atoms with Gasteiger partial charge in [0.25, 0.3) is 0 Å². The van der Waals surface area contributed by atoms with Gasteiger partial charge in [0.1, 0.15) is 8.64 Å². The van der Waals surface area contributed by atoms with Gasteiger partial charge in [0.2, 0.25) is 0 Å². The maximum atomic E-state index is 11.0. The van der Waals surface area contributed by atoms with E-state index in [4.69, 9.17) is 34.6 Å². The lowest BCUT2D eigenvalue weighted by Crippen LogP contribution is -2.53. The van der Waals surface area contributed by atoms with Crippen molar-refractivity contribution in [2.75, 3.05) is 51.3 Å². The average Bonchev–Trinajstić information content (AvgIpc) is 2.52. The molecule has 0 saturated carbocycles. The highest BCUT2D eigenvalue weighted by Crippen LogP contribution is 2.28. The summed E-state index contributed by atoms with van der Waals surface area (Å²) in [5.41, 5.74) is -0.173. The molecule has 0 amide bonds. The van der Waals surface area contributed by atoms with Crippen molar-refractivity contribution in [3.8, 4) is 0 Å². The smallest absolute Gasteiger partial charge is 0.317 e. The number of nitrogens with zero attached hydrogens (tertiary/aromatic N) is 4. The second-order valence-corrected chi connectivity index (χ2v) is 10.5. The molecule has 0 atom stereocenters. The zero-order chi connectivity index (χ0) is 20.2. The maximum absolute atomic E-state index is 11.0. The van der Waals surface area contributed by atoms with Gasteiger partial charge in [-0.1, -0.05) is 61.8 Å². The van der Waals surface area contributed by atoms with Crippen molar-refractivity contribution in [2.45, 2.75) is 13.8 Å². The minimum absolute atomic E-state index is 0.0104. The Bertz CT molecular complexity index is 569. The Morgan fingerprint density at radius 1 is 0.926 bits per heavy atom. The van der Waals surface area contributed by atoms with E-state index in [1.807, 2.05) is 19.6 Å². The molecule has 2 N–H and O–H groups in total. The standard InChI is InChI=1S/C15H24N4O4S4/c1-15(2,5-18-7-16(3-11(20)21)9-26-13(18)24)6-19-8-17(4-12(22)23)10-27-14(19)25/h3-10H2,1-2H3,(H,20,21)(H,22,23). The van der Waals surface area contributed by atoms with Crippen LogP contribution in [0.1, 0.15) is 13.8 Å². The number of rotatable bonds is 8. The second kappa shape index (κ2) is 9.70. The number of thioether (sulfide) groups is 2. The van der Waals surface area contributed by atoms with Gasteiger partial charge in [0, 0.05) is 13.1 Å². The lowest BCUT2D eigenvalue weighted by atomic mass is 9.92.